The van der Waals surface area contributed by atoms with Crippen LogP contribution in [0.4, 0.5) is 0 Å². The van der Waals surface area contributed by atoms with E-state index in [0.29, 0.717) is 6.54 Å². The summed E-state index contributed by atoms with van der Waals surface area (Å²) in [4.78, 5) is 11.7. The number of hydrogen-bond acceptors (Lipinski definition) is 4. The maximum atomic E-state index is 12.0. The van der Waals surface area contributed by atoms with Gasteiger partial charge in [-0.05, 0) is 31.0 Å². The molecule has 1 unspecified atom stereocenters. The van der Waals surface area contributed by atoms with Crippen molar-refractivity contribution in [2.24, 2.45) is 5.92 Å². The van der Waals surface area contributed by atoms with E-state index in [4.69, 9.17) is 0 Å². The number of phenols is 1. The van der Waals surface area contributed by atoms with Crippen LogP contribution in [0.1, 0.15) is 20.8 Å². The van der Waals surface area contributed by atoms with Crippen molar-refractivity contribution < 1.29 is 18.3 Å². The summed E-state index contributed by atoms with van der Waals surface area (Å²) in [6.07, 6.45) is 0. The highest BCUT2D eigenvalue weighted by Crippen LogP contribution is 2.15. The fourth-order valence-electron chi connectivity index (χ4n) is 1.46. The number of nitrogens with one attached hydrogen (secondary N) is 2. The molecule has 1 amide bonds. The molecule has 1 aromatic rings. The van der Waals surface area contributed by atoms with Gasteiger partial charge in [0.2, 0.25) is 15.9 Å². The summed E-state index contributed by atoms with van der Waals surface area (Å²) >= 11 is 0. The Balaban J connectivity index is 2.73. The monoisotopic (exact) mass is 300 g/mol. The Hall–Kier alpha value is -1.60. The fourth-order valence-corrected chi connectivity index (χ4v) is 2.70. The van der Waals surface area contributed by atoms with Crippen LogP contribution in [0.5, 0.6) is 5.75 Å². The first-order valence-electron chi connectivity index (χ1n) is 6.31. The molecule has 112 valence electrons. The summed E-state index contributed by atoms with van der Waals surface area (Å²) in [5.41, 5.74) is 0. The molecule has 20 heavy (non-hydrogen) atoms. The number of hydrogen-bond donors (Lipinski definition) is 3. The van der Waals surface area contributed by atoms with Crippen LogP contribution in [0, 0.1) is 5.92 Å². The molecule has 6 nitrogen and oxygen atoms in total. The second-order valence-electron chi connectivity index (χ2n) is 4.98. The quantitative estimate of drug-likeness (QED) is 0.725. The molecule has 1 atom stereocenters. The van der Waals surface area contributed by atoms with Gasteiger partial charge in [0.05, 0.1) is 10.9 Å². The highest BCUT2D eigenvalue weighted by atomic mass is 32.2. The van der Waals surface area contributed by atoms with E-state index in [2.05, 4.69) is 10.0 Å². The Kier molecular flexibility index (Phi) is 5.52. The smallest absolute Gasteiger partial charge is 0.241 e. The number of carbonyl (C=O) groups excluding carboxylic acids is 1. The molecule has 0 heterocycles. The highest BCUT2D eigenvalue weighted by Gasteiger charge is 2.22. The minimum atomic E-state index is -3.84. The molecule has 1 rings (SSSR count). The zero-order chi connectivity index (χ0) is 15.3. The zero-order valence-electron chi connectivity index (χ0n) is 11.8. The van der Waals surface area contributed by atoms with Crippen LogP contribution < -0.4 is 10.0 Å². The van der Waals surface area contributed by atoms with Crippen LogP contribution >= 0.6 is 0 Å². The molecule has 0 saturated carbocycles. The van der Waals surface area contributed by atoms with Gasteiger partial charge in [0.25, 0.3) is 0 Å². The first-order chi connectivity index (χ1) is 9.22. The second kappa shape index (κ2) is 6.71. The van der Waals surface area contributed by atoms with Crippen molar-refractivity contribution in [3.8, 4) is 5.75 Å². The van der Waals surface area contributed by atoms with E-state index >= 15 is 0 Å². The molecule has 0 aromatic heterocycles. The molecule has 0 aliphatic carbocycles. The molecule has 0 fully saturated rings. The van der Waals surface area contributed by atoms with Crippen molar-refractivity contribution in [2.45, 2.75) is 31.7 Å². The van der Waals surface area contributed by atoms with Crippen LogP contribution in [0.2, 0.25) is 0 Å². The number of aromatic hydroxyl groups is 1. The number of rotatable bonds is 6. The van der Waals surface area contributed by atoms with Crippen LogP contribution in [0.3, 0.4) is 0 Å². The SMILES string of the molecule is CC(C)CNC(=O)C(C)NS(=O)(=O)c1cccc(O)c1. The minimum Gasteiger partial charge on any atom is -0.508 e. The normalized spacial score (nSPS) is 13.2. The Labute approximate surface area is 119 Å². The number of sulfonamides is 1. The van der Waals surface area contributed by atoms with Gasteiger partial charge in [-0.25, -0.2) is 8.42 Å². The van der Waals surface area contributed by atoms with Crippen molar-refractivity contribution in [1.29, 1.82) is 0 Å². The minimum absolute atomic E-state index is 0.0824. The van der Waals surface area contributed by atoms with Crippen LogP contribution in [0.15, 0.2) is 29.2 Å². The molecule has 7 heteroatoms. The fraction of sp³-hybridized carbons (Fsp3) is 0.462. The van der Waals surface area contributed by atoms with E-state index in [0.717, 1.165) is 6.07 Å². The topological polar surface area (TPSA) is 95.5 Å². The summed E-state index contributed by atoms with van der Waals surface area (Å²) in [5, 5.41) is 11.9. The number of carbonyl (C=O) groups is 1. The number of amides is 1. The van der Waals surface area contributed by atoms with Gasteiger partial charge in [0.15, 0.2) is 0 Å². The van der Waals surface area contributed by atoms with E-state index in [9.17, 15) is 18.3 Å². The van der Waals surface area contributed by atoms with Crippen molar-refractivity contribution in [1.82, 2.24) is 10.0 Å². The lowest BCUT2D eigenvalue weighted by Crippen LogP contribution is -2.45. The van der Waals surface area contributed by atoms with E-state index in [-0.39, 0.29) is 22.5 Å². The number of phenolic OH excluding ortho intramolecular Hbond substituents is 1. The summed E-state index contributed by atoms with van der Waals surface area (Å²) in [5.74, 6) is -0.249. The molecular formula is C13H20N2O4S. The molecule has 0 aliphatic rings. The van der Waals surface area contributed by atoms with Gasteiger partial charge < -0.3 is 10.4 Å². The van der Waals surface area contributed by atoms with Gasteiger partial charge in [0.1, 0.15) is 5.75 Å². The lowest BCUT2D eigenvalue weighted by Gasteiger charge is -2.15. The molecule has 0 saturated heterocycles. The summed E-state index contributed by atoms with van der Waals surface area (Å²) < 4.78 is 26.3. The third-order valence-electron chi connectivity index (χ3n) is 2.54. The van der Waals surface area contributed by atoms with E-state index in [1.807, 2.05) is 13.8 Å². The van der Waals surface area contributed by atoms with Crippen LogP contribution in [0.25, 0.3) is 0 Å². The van der Waals surface area contributed by atoms with Gasteiger partial charge in [0, 0.05) is 6.54 Å². The van der Waals surface area contributed by atoms with Crippen molar-refractivity contribution >= 4 is 15.9 Å². The molecule has 0 radical (unpaired) electrons. The Bertz CT molecular complexity index is 569. The van der Waals surface area contributed by atoms with E-state index in [1.165, 1.54) is 25.1 Å². The lowest BCUT2D eigenvalue weighted by atomic mass is 10.2. The molecule has 1 aromatic carbocycles. The van der Waals surface area contributed by atoms with Gasteiger partial charge in [-0.2, -0.15) is 4.72 Å². The Morgan fingerprint density at radius 2 is 1.95 bits per heavy atom. The summed E-state index contributed by atoms with van der Waals surface area (Å²) in [6.45, 7) is 5.84. The van der Waals surface area contributed by atoms with Crippen LogP contribution in [-0.4, -0.2) is 32.0 Å². The predicted octanol–water partition coefficient (Wildman–Crippen LogP) is 0.831. The average Bonchev–Trinajstić information content (AvgIpc) is 2.35. The van der Waals surface area contributed by atoms with Crippen molar-refractivity contribution in [3.63, 3.8) is 0 Å². The molecule has 0 aliphatic heterocycles. The van der Waals surface area contributed by atoms with Gasteiger partial charge >= 0.3 is 0 Å². The van der Waals surface area contributed by atoms with Gasteiger partial charge in [-0.15, -0.1) is 0 Å². The highest BCUT2D eigenvalue weighted by molar-refractivity contribution is 7.89. The standard InChI is InChI=1S/C13H20N2O4S/c1-9(2)8-14-13(17)10(3)15-20(18,19)12-6-4-5-11(16)7-12/h4-7,9-10,15-16H,8H2,1-3H3,(H,14,17). The first-order valence-corrected chi connectivity index (χ1v) is 7.80. The number of benzene rings is 1. The lowest BCUT2D eigenvalue weighted by molar-refractivity contribution is -0.122. The largest absolute Gasteiger partial charge is 0.508 e. The molecule has 0 spiro atoms. The molecular weight excluding hydrogens is 280 g/mol. The average molecular weight is 300 g/mol. The Morgan fingerprint density at radius 3 is 2.50 bits per heavy atom. The maximum Gasteiger partial charge on any atom is 0.241 e. The van der Waals surface area contributed by atoms with E-state index in [1.54, 1.807) is 0 Å². The molecule has 0 bridgehead atoms. The predicted molar refractivity (Wildman–Crippen MR) is 75.7 cm³/mol. The Morgan fingerprint density at radius 1 is 1.30 bits per heavy atom. The summed E-state index contributed by atoms with van der Waals surface area (Å²) in [7, 11) is -3.84. The second-order valence-corrected chi connectivity index (χ2v) is 6.69. The zero-order valence-corrected chi connectivity index (χ0v) is 12.6. The third-order valence-corrected chi connectivity index (χ3v) is 4.08. The van der Waals surface area contributed by atoms with Crippen molar-refractivity contribution in [2.75, 3.05) is 6.54 Å². The molecule has 3 N–H and O–H groups in total. The van der Waals surface area contributed by atoms with Crippen molar-refractivity contribution in [3.05, 3.63) is 24.3 Å². The third kappa shape index (κ3) is 4.82. The maximum absolute atomic E-state index is 12.0. The van der Waals surface area contributed by atoms with Crippen LogP contribution in [-0.2, 0) is 14.8 Å². The van der Waals surface area contributed by atoms with E-state index < -0.39 is 16.1 Å². The summed E-state index contributed by atoms with van der Waals surface area (Å²) in [6, 6.07) is 4.38. The van der Waals surface area contributed by atoms with Gasteiger partial charge in [-0.3, -0.25) is 4.79 Å². The first kappa shape index (κ1) is 16.5. The van der Waals surface area contributed by atoms with Gasteiger partial charge in [-0.1, -0.05) is 19.9 Å².